The van der Waals surface area contributed by atoms with Crippen LogP contribution in [0.3, 0.4) is 0 Å². The zero-order valence-corrected chi connectivity index (χ0v) is 11.0. The van der Waals surface area contributed by atoms with Gasteiger partial charge >= 0.3 is 0 Å². The summed E-state index contributed by atoms with van der Waals surface area (Å²) in [7, 11) is 0. The molecule has 0 aliphatic heterocycles. The highest BCUT2D eigenvalue weighted by molar-refractivity contribution is 5.53. The monoisotopic (exact) mass is 246 g/mol. The molecule has 0 N–H and O–H groups in total. The van der Waals surface area contributed by atoms with E-state index in [0.29, 0.717) is 11.8 Å². The Bertz CT molecular complexity index is 564. The Labute approximate surface area is 114 Å². The molecular weight excluding hydrogens is 228 g/mol. The summed E-state index contributed by atoms with van der Waals surface area (Å²) in [5.41, 5.74) is 5.95. The molecule has 0 unspecified atom stereocenters. The van der Waals surface area contributed by atoms with E-state index in [4.69, 9.17) is 0 Å². The van der Waals surface area contributed by atoms with Gasteiger partial charge in [-0.05, 0) is 35.1 Å². The van der Waals surface area contributed by atoms with E-state index < -0.39 is 0 Å². The predicted molar refractivity (Wildman–Crippen MR) is 80.6 cm³/mol. The molecule has 0 saturated heterocycles. The molecule has 0 radical (unpaired) electrons. The van der Waals surface area contributed by atoms with Crippen molar-refractivity contribution in [1.82, 2.24) is 0 Å². The van der Waals surface area contributed by atoms with Gasteiger partial charge in [0.1, 0.15) is 0 Å². The van der Waals surface area contributed by atoms with Crippen LogP contribution in [0.15, 0.2) is 83.1 Å². The van der Waals surface area contributed by atoms with Gasteiger partial charge in [-0.3, -0.25) is 0 Å². The van der Waals surface area contributed by atoms with E-state index in [1.165, 1.54) is 41.6 Å². The number of hydrogen-bond acceptors (Lipinski definition) is 0. The molecule has 5 rings (SSSR count). The van der Waals surface area contributed by atoms with Crippen molar-refractivity contribution in [2.24, 2.45) is 11.8 Å². The first kappa shape index (κ1) is 11.0. The Morgan fingerprint density at radius 2 is 1.16 bits per heavy atom. The van der Waals surface area contributed by atoms with Crippen LogP contribution in [0.25, 0.3) is 0 Å². The second-order valence-electron chi connectivity index (χ2n) is 5.76. The Morgan fingerprint density at radius 3 is 1.74 bits per heavy atom. The summed E-state index contributed by atoms with van der Waals surface area (Å²) in [6, 6.07) is 0. The Balaban J connectivity index is 2.02. The van der Waals surface area contributed by atoms with Gasteiger partial charge in [0.2, 0.25) is 0 Å². The Kier molecular flexibility index (Phi) is 2.55. The van der Waals surface area contributed by atoms with Crippen LogP contribution < -0.4 is 0 Å². The van der Waals surface area contributed by atoms with E-state index in [1.54, 1.807) is 0 Å². The van der Waals surface area contributed by atoms with Crippen LogP contribution in [0.2, 0.25) is 0 Å². The van der Waals surface area contributed by atoms with E-state index in [1.807, 2.05) is 0 Å². The van der Waals surface area contributed by atoms with Crippen molar-refractivity contribution in [3.05, 3.63) is 83.1 Å². The normalized spacial score (nSPS) is 31.2. The van der Waals surface area contributed by atoms with Gasteiger partial charge in [-0.25, -0.2) is 0 Å². The van der Waals surface area contributed by atoms with E-state index in [9.17, 15) is 0 Å². The summed E-state index contributed by atoms with van der Waals surface area (Å²) in [6.45, 7) is 0. The molecule has 0 aromatic heterocycles. The van der Waals surface area contributed by atoms with Gasteiger partial charge in [0, 0.05) is 11.8 Å². The van der Waals surface area contributed by atoms with Crippen LogP contribution in [0.5, 0.6) is 0 Å². The number of hydrogen-bond donors (Lipinski definition) is 0. The van der Waals surface area contributed by atoms with Gasteiger partial charge in [-0.2, -0.15) is 0 Å². The van der Waals surface area contributed by atoms with Crippen molar-refractivity contribution in [3.63, 3.8) is 0 Å². The van der Waals surface area contributed by atoms with Gasteiger partial charge < -0.3 is 0 Å². The molecule has 0 saturated carbocycles. The highest BCUT2D eigenvalue weighted by Crippen LogP contribution is 2.42. The van der Waals surface area contributed by atoms with Gasteiger partial charge in [-0.15, -0.1) is 0 Å². The van der Waals surface area contributed by atoms with Gasteiger partial charge in [0.05, 0.1) is 0 Å². The third-order valence-electron chi connectivity index (χ3n) is 4.64. The lowest BCUT2D eigenvalue weighted by molar-refractivity contribution is 0.519. The summed E-state index contributed by atoms with van der Waals surface area (Å²) in [6.07, 6.45) is 26.7. The second kappa shape index (κ2) is 4.38. The topological polar surface area (TPSA) is 0 Å². The van der Waals surface area contributed by atoms with Gasteiger partial charge in [-0.1, -0.05) is 67.2 Å². The van der Waals surface area contributed by atoms with Crippen LogP contribution in [0, 0.1) is 11.8 Å². The van der Waals surface area contributed by atoms with Crippen molar-refractivity contribution < 1.29 is 0 Å². The minimum Gasteiger partial charge on any atom is -0.0620 e. The van der Waals surface area contributed by atoms with Crippen LogP contribution in [0.1, 0.15) is 19.3 Å². The number of fused-ring (bicyclic) bond motifs is 2. The summed E-state index contributed by atoms with van der Waals surface area (Å²) >= 11 is 0. The summed E-state index contributed by atoms with van der Waals surface area (Å²) in [5, 5.41) is 0. The molecule has 0 aromatic rings. The van der Waals surface area contributed by atoms with Crippen molar-refractivity contribution >= 4 is 0 Å². The zero-order valence-electron chi connectivity index (χ0n) is 11.0. The van der Waals surface area contributed by atoms with Crippen LogP contribution in [-0.4, -0.2) is 0 Å². The van der Waals surface area contributed by atoms with Gasteiger partial charge in [0.25, 0.3) is 0 Å². The molecule has 0 aromatic carbocycles. The third kappa shape index (κ3) is 1.83. The van der Waals surface area contributed by atoms with Crippen LogP contribution in [-0.2, 0) is 0 Å². The van der Waals surface area contributed by atoms with E-state index >= 15 is 0 Å². The highest BCUT2D eigenvalue weighted by Gasteiger charge is 2.28. The first-order chi connectivity index (χ1) is 9.42. The lowest BCUT2D eigenvalue weighted by atomic mass is 9.73. The van der Waals surface area contributed by atoms with E-state index in [2.05, 4.69) is 60.8 Å². The van der Waals surface area contributed by atoms with Crippen molar-refractivity contribution in [2.45, 2.75) is 19.3 Å². The van der Waals surface area contributed by atoms with Gasteiger partial charge in [0.15, 0.2) is 0 Å². The molecule has 0 heteroatoms. The second-order valence-corrected chi connectivity index (χ2v) is 5.76. The van der Waals surface area contributed by atoms with E-state index in [0.717, 1.165) is 0 Å². The zero-order chi connectivity index (χ0) is 12.7. The molecular formula is C19H18. The molecule has 6 bridgehead atoms. The molecule has 0 spiro atoms. The van der Waals surface area contributed by atoms with Crippen LogP contribution in [0.4, 0.5) is 0 Å². The predicted octanol–water partition coefficient (Wildman–Crippen LogP) is 4.82. The molecule has 0 amide bonds. The molecule has 0 nitrogen and oxygen atoms in total. The smallest absolute Gasteiger partial charge is 0.00895 e. The molecule has 5 aliphatic rings. The molecule has 94 valence electrons. The first-order valence-corrected chi connectivity index (χ1v) is 7.28. The quantitative estimate of drug-likeness (QED) is 0.575. The molecule has 0 atom stereocenters. The highest BCUT2D eigenvalue weighted by atomic mass is 14.3. The minimum absolute atomic E-state index is 0.584. The summed E-state index contributed by atoms with van der Waals surface area (Å²) in [5.74, 6) is 1.17. The van der Waals surface area contributed by atoms with Crippen molar-refractivity contribution in [3.8, 4) is 0 Å². The molecule has 19 heavy (non-hydrogen) atoms. The lowest BCUT2D eigenvalue weighted by Crippen LogP contribution is -2.17. The lowest BCUT2D eigenvalue weighted by Gasteiger charge is -2.31. The maximum Gasteiger partial charge on any atom is 0.00895 e. The first-order valence-electron chi connectivity index (χ1n) is 7.28. The summed E-state index contributed by atoms with van der Waals surface area (Å²) in [4.78, 5) is 0. The summed E-state index contributed by atoms with van der Waals surface area (Å²) < 4.78 is 0. The maximum absolute atomic E-state index is 2.44. The average Bonchev–Trinajstić information content (AvgIpc) is 2.66. The van der Waals surface area contributed by atoms with Crippen molar-refractivity contribution in [2.75, 3.05) is 0 Å². The van der Waals surface area contributed by atoms with Crippen LogP contribution >= 0.6 is 0 Å². The Hall–Kier alpha value is -1.82. The average molecular weight is 246 g/mol. The SMILES string of the molecule is C1=CC=C2C=C3C=CC=CC4=CC(=C1)C2CCCC43. The fraction of sp³-hybridized carbons (Fsp3) is 0.263. The fourth-order valence-corrected chi connectivity index (χ4v) is 3.69. The number of allylic oxidation sites excluding steroid dienone is 14. The Morgan fingerprint density at radius 1 is 0.632 bits per heavy atom. The molecule has 0 heterocycles. The number of rotatable bonds is 0. The third-order valence-corrected chi connectivity index (χ3v) is 4.64. The minimum atomic E-state index is 0.584. The molecule has 5 aliphatic carbocycles. The molecule has 0 fully saturated rings. The largest absolute Gasteiger partial charge is 0.0620 e. The van der Waals surface area contributed by atoms with E-state index in [-0.39, 0.29) is 0 Å². The fourth-order valence-electron chi connectivity index (χ4n) is 3.69. The van der Waals surface area contributed by atoms with Crippen molar-refractivity contribution in [1.29, 1.82) is 0 Å². The maximum atomic E-state index is 2.44. The standard InChI is InChI=1S/C19H18/c1-2-7-15-13-17-9-4-3-8-16-12-14(6-1)18(15)10-5-11-19(16)17/h1-4,6-9,12-13,18-19H,5,10-11H2.